The maximum Gasteiger partial charge on any atom is 0.269 e. The number of amides is 3. The van der Waals surface area contributed by atoms with Crippen molar-refractivity contribution >= 4 is 40.7 Å². The predicted molar refractivity (Wildman–Crippen MR) is 111 cm³/mol. The van der Waals surface area contributed by atoms with Crippen LogP contribution in [0.2, 0.25) is 0 Å². The molecule has 2 aromatic carbocycles. The van der Waals surface area contributed by atoms with E-state index in [9.17, 15) is 14.4 Å². The largest absolute Gasteiger partial charge is 0.497 e. The number of nitrogens with one attached hydrogen (secondary N) is 2. The molecule has 1 aliphatic rings. The molecule has 1 atom stereocenters. The SMILES string of the molecule is COc1ccc(NC(=O)CC2C(=O)N(C)C(=S)N2NC(=O)c2ccccc2)cc1. The summed E-state index contributed by atoms with van der Waals surface area (Å²) >= 11 is 5.27. The molecular weight excluding hydrogens is 392 g/mol. The van der Waals surface area contributed by atoms with Gasteiger partial charge in [-0.15, -0.1) is 0 Å². The van der Waals surface area contributed by atoms with E-state index in [0.717, 1.165) is 0 Å². The molecule has 1 unspecified atom stereocenters. The highest BCUT2D eigenvalue weighted by Gasteiger charge is 2.42. The van der Waals surface area contributed by atoms with Crippen molar-refractivity contribution in [2.75, 3.05) is 19.5 Å². The van der Waals surface area contributed by atoms with Crippen molar-refractivity contribution in [3.05, 3.63) is 60.2 Å². The lowest BCUT2D eigenvalue weighted by Gasteiger charge is -2.24. The van der Waals surface area contributed by atoms with E-state index in [0.29, 0.717) is 17.0 Å². The molecule has 3 amide bonds. The molecule has 0 aliphatic carbocycles. The van der Waals surface area contributed by atoms with Gasteiger partial charge in [0.25, 0.3) is 11.8 Å². The number of thiocarbonyl (C=S) groups is 1. The summed E-state index contributed by atoms with van der Waals surface area (Å²) in [5.41, 5.74) is 3.62. The molecule has 0 aromatic heterocycles. The molecule has 29 heavy (non-hydrogen) atoms. The van der Waals surface area contributed by atoms with Crippen molar-refractivity contribution in [1.82, 2.24) is 15.3 Å². The van der Waals surface area contributed by atoms with E-state index in [4.69, 9.17) is 17.0 Å². The highest BCUT2D eigenvalue weighted by atomic mass is 32.1. The van der Waals surface area contributed by atoms with Crippen LogP contribution in [0.3, 0.4) is 0 Å². The summed E-state index contributed by atoms with van der Waals surface area (Å²) in [7, 11) is 3.06. The number of carbonyl (C=O) groups is 3. The number of likely N-dealkylation sites (N-methyl/N-ethyl adjacent to an activating group) is 1. The van der Waals surface area contributed by atoms with E-state index >= 15 is 0 Å². The highest BCUT2D eigenvalue weighted by Crippen LogP contribution is 2.20. The topological polar surface area (TPSA) is 91.0 Å². The van der Waals surface area contributed by atoms with Gasteiger partial charge in [0.15, 0.2) is 5.11 Å². The number of benzene rings is 2. The summed E-state index contributed by atoms with van der Waals surface area (Å²) in [6, 6.07) is 14.4. The van der Waals surface area contributed by atoms with Crippen molar-refractivity contribution < 1.29 is 19.1 Å². The lowest BCUT2D eigenvalue weighted by Crippen LogP contribution is -2.49. The third-order valence-electron chi connectivity index (χ3n) is 4.43. The molecule has 0 spiro atoms. The number of hydrogen-bond acceptors (Lipinski definition) is 5. The molecule has 150 valence electrons. The second-order valence-corrected chi connectivity index (χ2v) is 6.72. The lowest BCUT2D eigenvalue weighted by molar-refractivity contribution is -0.130. The molecule has 1 heterocycles. The Morgan fingerprint density at radius 1 is 1.10 bits per heavy atom. The standard InChI is InChI=1S/C20H20N4O4S/c1-23-19(27)16(12-17(25)21-14-8-10-15(28-2)11-9-14)24(20(23)29)22-18(26)13-6-4-3-5-7-13/h3-11,16H,12H2,1-2H3,(H,21,25)(H,22,26). The Bertz CT molecular complexity index is 933. The number of ether oxygens (including phenoxy) is 1. The van der Waals surface area contributed by atoms with Gasteiger partial charge in [-0.2, -0.15) is 0 Å². The Morgan fingerprint density at radius 3 is 2.38 bits per heavy atom. The zero-order valence-corrected chi connectivity index (χ0v) is 16.7. The maximum atomic E-state index is 12.6. The Kier molecular flexibility index (Phi) is 6.08. The fourth-order valence-corrected chi connectivity index (χ4v) is 3.12. The molecule has 1 saturated heterocycles. The molecule has 1 fully saturated rings. The molecule has 0 bridgehead atoms. The van der Waals surface area contributed by atoms with Crippen molar-refractivity contribution in [2.24, 2.45) is 0 Å². The van der Waals surface area contributed by atoms with E-state index in [1.165, 1.54) is 17.0 Å². The van der Waals surface area contributed by atoms with Gasteiger partial charge >= 0.3 is 0 Å². The molecular formula is C20H20N4O4S. The van der Waals surface area contributed by atoms with Crippen molar-refractivity contribution in [1.29, 1.82) is 0 Å². The molecule has 2 aromatic rings. The second-order valence-electron chi connectivity index (χ2n) is 6.35. The normalized spacial score (nSPS) is 16.0. The average Bonchev–Trinajstić information content (AvgIpc) is 2.93. The number of nitrogens with zero attached hydrogens (tertiary/aromatic N) is 2. The molecule has 1 aliphatic heterocycles. The zero-order valence-electron chi connectivity index (χ0n) is 15.9. The zero-order chi connectivity index (χ0) is 21.0. The molecule has 2 N–H and O–H groups in total. The van der Waals surface area contributed by atoms with Gasteiger partial charge < -0.3 is 10.1 Å². The van der Waals surface area contributed by atoms with Gasteiger partial charge in [0.2, 0.25) is 5.91 Å². The third-order valence-corrected chi connectivity index (χ3v) is 4.90. The van der Waals surface area contributed by atoms with E-state index in [1.54, 1.807) is 61.7 Å². The van der Waals surface area contributed by atoms with Gasteiger partial charge in [-0.1, -0.05) is 18.2 Å². The van der Waals surface area contributed by atoms with E-state index < -0.39 is 11.9 Å². The van der Waals surface area contributed by atoms with E-state index in [2.05, 4.69) is 10.7 Å². The summed E-state index contributed by atoms with van der Waals surface area (Å²) in [5, 5.41) is 4.12. The van der Waals surface area contributed by atoms with Crippen molar-refractivity contribution in [3.63, 3.8) is 0 Å². The Hall–Kier alpha value is -3.46. The number of methoxy groups -OCH3 is 1. The van der Waals surface area contributed by atoms with Crippen molar-refractivity contribution in [3.8, 4) is 5.75 Å². The van der Waals surface area contributed by atoms with Crippen LogP contribution >= 0.6 is 12.2 Å². The fraction of sp³-hybridized carbons (Fsp3) is 0.200. The van der Waals surface area contributed by atoms with Crippen LogP contribution in [0, 0.1) is 0 Å². The molecule has 3 rings (SSSR count). The first-order chi connectivity index (χ1) is 13.9. The Labute approximate surface area is 173 Å². The Balaban J connectivity index is 1.70. The van der Waals surface area contributed by atoms with Crippen LogP contribution in [-0.4, -0.2) is 52.9 Å². The van der Waals surface area contributed by atoms with Crippen molar-refractivity contribution in [2.45, 2.75) is 12.5 Å². The number of anilines is 1. The van der Waals surface area contributed by atoms with Crippen LogP contribution in [0.1, 0.15) is 16.8 Å². The van der Waals surface area contributed by atoms with Crippen LogP contribution in [0.4, 0.5) is 5.69 Å². The summed E-state index contributed by atoms with van der Waals surface area (Å²) < 4.78 is 5.08. The maximum absolute atomic E-state index is 12.6. The fourth-order valence-electron chi connectivity index (χ4n) is 2.85. The molecule has 8 nitrogen and oxygen atoms in total. The average molecular weight is 412 g/mol. The third kappa shape index (κ3) is 4.52. The monoisotopic (exact) mass is 412 g/mol. The van der Waals surface area contributed by atoms with E-state index in [-0.39, 0.29) is 23.3 Å². The van der Waals surface area contributed by atoms with Crippen LogP contribution in [-0.2, 0) is 9.59 Å². The Morgan fingerprint density at radius 2 is 1.76 bits per heavy atom. The minimum atomic E-state index is -0.932. The van der Waals surface area contributed by atoms with Crippen LogP contribution < -0.4 is 15.5 Å². The van der Waals surface area contributed by atoms with Gasteiger partial charge in [-0.05, 0) is 48.6 Å². The summed E-state index contributed by atoms with van der Waals surface area (Å²) in [6.07, 6.45) is -0.176. The smallest absolute Gasteiger partial charge is 0.269 e. The van der Waals surface area contributed by atoms with Gasteiger partial charge in [0.05, 0.1) is 13.5 Å². The molecule has 0 saturated carbocycles. The number of carbonyl (C=O) groups excluding carboxylic acids is 3. The van der Waals surface area contributed by atoms with E-state index in [1.807, 2.05) is 0 Å². The minimum absolute atomic E-state index is 0.126. The van der Waals surface area contributed by atoms with Crippen LogP contribution in [0.15, 0.2) is 54.6 Å². The highest BCUT2D eigenvalue weighted by molar-refractivity contribution is 7.80. The predicted octanol–water partition coefficient (Wildman–Crippen LogP) is 1.80. The summed E-state index contributed by atoms with van der Waals surface area (Å²) in [5.74, 6) is -0.508. The quantitative estimate of drug-likeness (QED) is 0.703. The van der Waals surface area contributed by atoms with Gasteiger partial charge in [0.1, 0.15) is 11.8 Å². The first kappa shape index (κ1) is 20.3. The first-order valence-electron chi connectivity index (χ1n) is 8.81. The molecule has 0 radical (unpaired) electrons. The van der Waals surface area contributed by atoms with Crippen LogP contribution in [0.5, 0.6) is 5.75 Å². The summed E-state index contributed by atoms with van der Waals surface area (Å²) in [6.45, 7) is 0. The first-order valence-corrected chi connectivity index (χ1v) is 9.22. The molecule has 9 heteroatoms. The number of rotatable bonds is 6. The minimum Gasteiger partial charge on any atom is -0.497 e. The van der Waals surface area contributed by atoms with Gasteiger partial charge in [-0.25, -0.2) is 5.01 Å². The van der Waals surface area contributed by atoms with Crippen LogP contribution in [0.25, 0.3) is 0 Å². The number of hydrazine groups is 1. The second kappa shape index (κ2) is 8.70. The summed E-state index contributed by atoms with van der Waals surface area (Å²) in [4.78, 5) is 38.8. The van der Waals surface area contributed by atoms with Gasteiger partial charge in [0, 0.05) is 18.3 Å². The number of hydrogen-bond donors (Lipinski definition) is 2. The lowest BCUT2D eigenvalue weighted by atomic mass is 10.2. The van der Waals surface area contributed by atoms with Gasteiger partial charge in [-0.3, -0.25) is 24.7 Å².